The number of nitrogens with one attached hydrogen (secondary N) is 1. The lowest BCUT2D eigenvalue weighted by Gasteiger charge is -2.04. The largest absolute Gasteiger partial charge is 0.462 e. The van der Waals surface area contributed by atoms with Crippen molar-refractivity contribution in [3.05, 3.63) is 41.2 Å². The number of H-pyrrole nitrogens is 1. The van der Waals surface area contributed by atoms with Crippen LogP contribution in [0.25, 0.3) is 0 Å². The van der Waals surface area contributed by atoms with Gasteiger partial charge in [-0.1, -0.05) is 37.7 Å². The molecule has 0 saturated carbocycles. The summed E-state index contributed by atoms with van der Waals surface area (Å²) in [4.78, 5) is 16.1. The molecule has 0 aliphatic rings. The Morgan fingerprint density at radius 1 is 1.43 bits per heavy atom. The van der Waals surface area contributed by atoms with Gasteiger partial charge in [0.1, 0.15) is 5.82 Å². The van der Waals surface area contributed by atoms with Gasteiger partial charge in [0.25, 0.3) is 0 Å². The Morgan fingerprint density at radius 2 is 2.24 bits per heavy atom. The first-order chi connectivity index (χ1) is 10.1. The smallest absolute Gasteiger partial charge is 0.338 e. The predicted octanol–water partition coefficient (Wildman–Crippen LogP) is 3.40. The molecule has 0 bridgehead atoms. The van der Waals surface area contributed by atoms with E-state index in [1.165, 1.54) is 11.8 Å². The molecule has 112 valence electrons. The fourth-order valence-corrected chi connectivity index (χ4v) is 2.48. The second kappa shape index (κ2) is 7.26. The third kappa shape index (κ3) is 4.32. The van der Waals surface area contributed by atoms with Crippen LogP contribution in [0.15, 0.2) is 29.4 Å². The van der Waals surface area contributed by atoms with Crippen molar-refractivity contribution in [3.8, 4) is 0 Å². The minimum atomic E-state index is -0.288. The van der Waals surface area contributed by atoms with Gasteiger partial charge < -0.3 is 4.74 Å². The summed E-state index contributed by atoms with van der Waals surface area (Å²) in [5, 5.41) is 7.83. The summed E-state index contributed by atoms with van der Waals surface area (Å²) in [6.45, 7) is 6.32. The Balaban J connectivity index is 1.99. The normalized spacial score (nSPS) is 10.9. The average Bonchev–Trinajstić information content (AvgIpc) is 2.95. The van der Waals surface area contributed by atoms with Crippen molar-refractivity contribution < 1.29 is 9.53 Å². The highest BCUT2D eigenvalue weighted by Gasteiger charge is 2.09. The molecule has 0 amide bonds. The van der Waals surface area contributed by atoms with Crippen LogP contribution in [0.1, 0.15) is 48.4 Å². The highest BCUT2D eigenvalue weighted by atomic mass is 32.2. The Hall–Kier alpha value is -1.82. The van der Waals surface area contributed by atoms with Crippen molar-refractivity contribution in [3.63, 3.8) is 0 Å². The van der Waals surface area contributed by atoms with Crippen LogP contribution in [0.3, 0.4) is 0 Å². The Kier molecular flexibility index (Phi) is 5.38. The van der Waals surface area contributed by atoms with Crippen LogP contribution >= 0.6 is 11.8 Å². The van der Waals surface area contributed by atoms with E-state index >= 15 is 0 Å². The van der Waals surface area contributed by atoms with Crippen molar-refractivity contribution in [2.75, 3.05) is 6.61 Å². The topological polar surface area (TPSA) is 67.9 Å². The SMILES string of the molecule is CCOC(=O)c1cccc(CSc2n[nH]c(C(C)C)n2)c1. The second-order valence-electron chi connectivity index (χ2n) is 4.87. The monoisotopic (exact) mass is 305 g/mol. The molecule has 2 rings (SSSR count). The zero-order chi connectivity index (χ0) is 15.2. The van der Waals surface area contributed by atoms with E-state index in [-0.39, 0.29) is 5.97 Å². The third-order valence-electron chi connectivity index (χ3n) is 2.84. The Labute approximate surface area is 128 Å². The number of ether oxygens (including phenoxy) is 1. The molecular formula is C15H19N3O2S. The van der Waals surface area contributed by atoms with Gasteiger partial charge in [-0.25, -0.2) is 9.78 Å². The first-order valence-electron chi connectivity index (χ1n) is 6.91. The highest BCUT2D eigenvalue weighted by molar-refractivity contribution is 7.98. The number of hydrogen-bond acceptors (Lipinski definition) is 5. The number of esters is 1. The zero-order valence-corrected chi connectivity index (χ0v) is 13.2. The number of carbonyl (C=O) groups excluding carboxylic acids is 1. The minimum Gasteiger partial charge on any atom is -0.462 e. The van der Waals surface area contributed by atoms with Gasteiger partial charge in [0.15, 0.2) is 0 Å². The molecular weight excluding hydrogens is 286 g/mol. The average molecular weight is 305 g/mol. The van der Waals surface area contributed by atoms with Crippen molar-refractivity contribution >= 4 is 17.7 Å². The van der Waals surface area contributed by atoms with E-state index in [2.05, 4.69) is 29.0 Å². The van der Waals surface area contributed by atoms with Gasteiger partial charge in [-0.05, 0) is 24.6 Å². The van der Waals surface area contributed by atoms with Crippen LogP contribution in [-0.2, 0) is 10.5 Å². The van der Waals surface area contributed by atoms with E-state index in [1.54, 1.807) is 13.0 Å². The molecule has 6 heteroatoms. The summed E-state index contributed by atoms with van der Waals surface area (Å²) < 4.78 is 5.00. The van der Waals surface area contributed by atoms with E-state index in [0.717, 1.165) is 16.5 Å². The van der Waals surface area contributed by atoms with Crippen LogP contribution in [-0.4, -0.2) is 27.8 Å². The zero-order valence-electron chi connectivity index (χ0n) is 12.4. The molecule has 1 N–H and O–H groups in total. The van der Waals surface area contributed by atoms with Gasteiger partial charge in [-0.3, -0.25) is 5.10 Å². The molecule has 0 unspecified atom stereocenters. The number of hydrogen-bond donors (Lipinski definition) is 1. The van der Waals surface area contributed by atoms with E-state index in [1.807, 2.05) is 18.2 Å². The van der Waals surface area contributed by atoms with Crippen LogP contribution < -0.4 is 0 Å². The maximum absolute atomic E-state index is 11.7. The summed E-state index contributed by atoms with van der Waals surface area (Å²) in [7, 11) is 0. The van der Waals surface area contributed by atoms with Crippen LogP contribution in [0.2, 0.25) is 0 Å². The van der Waals surface area contributed by atoms with E-state index in [9.17, 15) is 4.79 Å². The van der Waals surface area contributed by atoms with E-state index in [0.29, 0.717) is 23.8 Å². The van der Waals surface area contributed by atoms with Crippen LogP contribution in [0, 0.1) is 0 Å². The molecule has 0 aliphatic carbocycles. The molecule has 0 spiro atoms. The van der Waals surface area contributed by atoms with Crippen molar-refractivity contribution in [1.82, 2.24) is 15.2 Å². The fraction of sp³-hybridized carbons (Fsp3) is 0.400. The lowest BCUT2D eigenvalue weighted by Crippen LogP contribution is -2.04. The maximum Gasteiger partial charge on any atom is 0.338 e. The van der Waals surface area contributed by atoms with Crippen LogP contribution in [0.5, 0.6) is 0 Å². The quantitative estimate of drug-likeness (QED) is 0.654. The lowest BCUT2D eigenvalue weighted by atomic mass is 10.1. The summed E-state index contributed by atoms with van der Waals surface area (Å²) in [6, 6.07) is 7.45. The first kappa shape index (κ1) is 15.6. The summed E-state index contributed by atoms with van der Waals surface area (Å²) >= 11 is 1.54. The molecule has 5 nitrogen and oxygen atoms in total. The molecule has 0 atom stereocenters. The third-order valence-corrected chi connectivity index (χ3v) is 3.75. The molecule has 0 radical (unpaired) electrons. The van der Waals surface area contributed by atoms with Crippen molar-refractivity contribution in [1.29, 1.82) is 0 Å². The highest BCUT2D eigenvalue weighted by Crippen LogP contribution is 2.21. The lowest BCUT2D eigenvalue weighted by molar-refractivity contribution is 0.0526. The maximum atomic E-state index is 11.7. The molecule has 1 aromatic heterocycles. The van der Waals surface area contributed by atoms with Gasteiger partial charge in [-0.2, -0.15) is 0 Å². The fourth-order valence-electron chi connectivity index (χ4n) is 1.73. The van der Waals surface area contributed by atoms with E-state index < -0.39 is 0 Å². The van der Waals surface area contributed by atoms with Crippen molar-refractivity contribution in [2.24, 2.45) is 0 Å². The molecule has 1 heterocycles. The van der Waals surface area contributed by atoms with Gasteiger partial charge in [0.2, 0.25) is 5.16 Å². The molecule has 2 aromatic rings. The van der Waals surface area contributed by atoms with Gasteiger partial charge in [0.05, 0.1) is 12.2 Å². The van der Waals surface area contributed by atoms with Gasteiger partial charge in [-0.15, -0.1) is 5.10 Å². The van der Waals surface area contributed by atoms with Gasteiger partial charge in [0, 0.05) is 11.7 Å². The number of aromatic nitrogens is 3. The standard InChI is InChI=1S/C15H19N3O2S/c1-4-20-14(19)12-7-5-6-11(8-12)9-21-15-16-13(10(2)3)17-18-15/h5-8,10H,4,9H2,1-3H3,(H,16,17,18). The van der Waals surface area contributed by atoms with Gasteiger partial charge >= 0.3 is 5.97 Å². The number of benzene rings is 1. The Morgan fingerprint density at radius 3 is 2.90 bits per heavy atom. The number of rotatable bonds is 6. The number of aromatic amines is 1. The van der Waals surface area contributed by atoms with E-state index in [4.69, 9.17) is 4.74 Å². The molecule has 0 fully saturated rings. The van der Waals surface area contributed by atoms with Crippen molar-refractivity contribution in [2.45, 2.75) is 37.6 Å². The number of thioether (sulfide) groups is 1. The summed E-state index contributed by atoms with van der Waals surface area (Å²) in [6.07, 6.45) is 0. The second-order valence-corrected chi connectivity index (χ2v) is 5.81. The number of carbonyl (C=O) groups is 1. The molecule has 21 heavy (non-hydrogen) atoms. The molecule has 1 aromatic carbocycles. The van der Waals surface area contributed by atoms with Crippen LogP contribution in [0.4, 0.5) is 0 Å². The summed E-state index contributed by atoms with van der Waals surface area (Å²) in [5.74, 6) is 1.64. The predicted molar refractivity (Wildman–Crippen MR) is 82.4 cm³/mol. The summed E-state index contributed by atoms with van der Waals surface area (Å²) in [5.41, 5.74) is 1.62. The number of nitrogens with zero attached hydrogens (tertiary/aromatic N) is 2. The first-order valence-corrected chi connectivity index (χ1v) is 7.90. The molecule has 0 saturated heterocycles. The Bertz CT molecular complexity index is 610. The minimum absolute atomic E-state index is 0.288. The molecule has 0 aliphatic heterocycles.